The molecule has 0 aromatic heterocycles. The molecule has 0 aliphatic heterocycles. The highest BCUT2D eigenvalue weighted by Crippen LogP contribution is 2.25. The predicted octanol–water partition coefficient (Wildman–Crippen LogP) is 3.66. The molecular formula is C21H19NO3. The molecule has 0 fully saturated rings. The number of Topliss-reactive ketones (excluding diaryl/α,β-unsaturated/α-hetero) is 1. The molecule has 0 heterocycles. The van der Waals surface area contributed by atoms with Crippen molar-refractivity contribution in [1.29, 1.82) is 0 Å². The van der Waals surface area contributed by atoms with Crippen LogP contribution in [0.4, 0.5) is 0 Å². The van der Waals surface area contributed by atoms with Crippen molar-refractivity contribution in [2.24, 2.45) is 0 Å². The summed E-state index contributed by atoms with van der Waals surface area (Å²) >= 11 is 0. The number of aromatic hydroxyl groups is 2. The Morgan fingerprint density at radius 2 is 1.36 bits per heavy atom. The molecule has 3 aromatic carbocycles. The summed E-state index contributed by atoms with van der Waals surface area (Å²) < 4.78 is 0. The molecule has 0 amide bonds. The van der Waals surface area contributed by atoms with Gasteiger partial charge in [-0.3, -0.25) is 10.1 Å². The van der Waals surface area contributed by atoms with Gasteiger partial charge in [-0.25, -0.2) is 0 Å². The number of nitrogens with one attached hydrogen (secondary N) is 1. The van der Waals surface area contributed by atoms with Crippen LogP contribution in [0, 0.1) is 0 Å². The van der Waals surface area contributed by atoms with Gasteiger partial charge in [-0.05, 0) is 29.3 Å². The van der Waals surface area contributed by atoms with E-state index in [1.807, 2.05) is 60.7 Å². The number of phenolic OH excluding ortho intramolecular Hbond substituents is 2. The molecule has 0 spiro atoms. The van der Waals surface area contributed by atoms with Crippen molar-refractivity contribution in [2.45, 2.75) is 6.04 Å². The van der Waals surface area contributed by atoms with Crippen LogP contribution in [-0.4, -0.2) is 22.5 Å². The fourth-order valence-corrected chi connectivity index (χ4v) is 2.71. The summed E-state index contributed by atoms with van der Waals surface area (Å²) in [6.45, 7) is 0.110. The van der Waals surface area contributed by atoms with Gasteiger partial charge in [0.2, 0.25) is 0 Å². The lowest BCUT2D eigenvalue weighted by molar-refractivity contribution is 0.0988. The van der Waals surface area contributed by atoms with Crippen molar-refractivity contribution in [3.8, 4) is 11.5 Å². The van der Waals surface area contributed by atoms with E-state index in [1.165, 1.54) is 18.2 Å². The molecule has 0 bridgehead atoms. The third-order valence-electron chi connectivity index (χ3n) is 4.03. The number of phenols is 2. The smallest absolute Gasteiger partial charge is 0.176 e. The van der Waals surface area contributed by atoms with Gasteiger partial charge in [-0.1, -0.05) is 60.7 Å². The fraction of sp³-hybridized carbons (Fsp3) is 0.0952. The number of rotatable bonds is 6. The normalized spacial score (nSPS) is 10.8. The first-order chi connectivity index (χ1) is 12.1. The van der Waals surface area contributed by atoms with Gasteiger partial charge in [0.1, 0.15) is 0 Å². The average Bonchev–Trinajstić information content (AvgIpc) is 2.66. The van der Waals surface area contributed by atoms with Gasteiger partial charge in [0.15, 0.2) is 17.3 Å². The topological polar surface area (TPSA) is 69.6 Å². The van der Waals surface area contributed by atoms with Crippen LogP contribution in [-0.2, 0) is 0 Å². The van der Waals surface area contributed by atoms with E-state index >= 15 is 0 Å². The fourth-order valence-electron chi connectivity index (χ4n) is 2.71. The van der Waals surface area contributed by atoms with Crippen LogP contribution < -0.4 is 5.32 Å². The van der Waals surface area contributed by atoms with Crippen LogP contribution in [0.3, 0.4) is 0 Å². The van der Waals surface area contributed by atoms with E-state index in [4.69, 9.17) is 0 Å². The molecule has 0 aliphatic carbocycles. The van der Waals surface area contributed by atoms with E-state index in [-0.39, 0.29) is 29.9 Å². The zero-order chi connectivity index (χ0) is 17.6. The number of hydrogen-bond donors (Lipinski definition) is 3. The maximum atomic E-state index is 12.4. The molecule has 0 aliphatic rings. The minimum absolute atomic E-state index is 0.110. The number of ketones is 1. The molecule has 25 heavy (non-hydrogen) atoms. The summed E-state index contributed by atoms with van der Waals surface area (Å²) in [6, 6.07) is 23.8. The summed E-state index contributed by atoms with van der Waals surface area (Å²) in [7, 11) is 0. The second-order valence-electron chi connectivity index (χ2n) is 5.76. The van der Waals surface area contributed by atoms with Gasteiger partial charge < -0.3 is 10.2 Å². The summed E-state index contributed by atoms with van der Waals surface area (Å²) in [5.41, 5.74) is 2.48. The van der Waals surface area contributed by atoms with Crippen molar-refractivity contribution in [3.63, 3.8) is 0 Å². The minimum Gasteiger partial charge on any atom is -0.504 e. The third kappa shape index (κ3) is 4.05. The summed E-state index contributed by atoms with van der Waals surface area (Å²) in [6.07, 6.45) is 0. The minimum atomic E-state index is -0.298. The van der Waals surface area contributed by atoms with Gasteiger partial charge in [0.25, 0.3) is 0 Å². The zero-order valence-electron chi connectivity index (χ0n) is 13.6. The first-order valence-electron chi connectivity index (χ1n) is 8.03. The second-order valence-corrected chi connectivity index (χ2v) is 5.76. The van der Waals surface area contributed by atoms with Crippen molar-refractivity contribution in [2.75, 3.05) is 6.54 Å². The first-order valence-corrected chi connectivity index (χ1v) is 8.03. The van der Waals surface area contributed by atoms with Crippen LogP contribution >= 0.6 is 0 Å². The predicted molar refractivity (Wildman–Crippen MR) is 96.8 cm³/mol. The molecule has 4 nitrogen and oxygen atoms in total. The van der Waals surface area contributed by atoms with Crippen molar-refractivity contribution < 1.29 is 15.0 Å². The molecule has 0 saturated carbocycles. The molecular weight excluding hydrogens is 314 g/mol. The average molecular weight is 333 g/mol. The summed E-state index contributed by atoms with van der Waals surface area (Å²) in [5.74, 6) is -0.698. The number of carbonyl (C=O) groups excluding carboxylic acids is 1. The Hall–Kier alpha value is -3.11. The van der Waals surface area contributed by atoms with Gasteiger partial charge in [-0.15, -0.1) is 0 Å². The quantitative estimate of drug-likeness (QED) is 0.476. The molecule has 126 valence electrons. The van der Waals surface area contributed by atoms with Gasteiger partial charge in [-0.2, -0.15) is 0 Å². The van der Waals surface area contributed by atoms with E-state index in [9.17, 15) is 15.0 Å². The lowest BCUT2D eigenvalue weighted by atomic mass is 9.98. The Bertz CT molecular complexity index is 808. The van der Waals surface area contributed by atoms with Crippen LogP contribution in [0.2, 0.25) is 0 Å². The van der Waals surface area contributed by atoms with E-state index in [0.717, 1.165) is 11.1 Å². The Morgan fingerprint density at radius 3 is 1.88 bits per heavy atom. The highest BCUT2D eigenvalue weighted by Gasteiger charge is 2.16. The van der Waals surface area contributed by atoms with Crippen LogP contribution in [0.15, 0.2) is 78.9 Å². The zero-order valence-corrected chi connectivity index (χ0v) is 13.6. The van der Waals surface area contributed by atoms with E-state index in [1.54, 1.807) is 0 Å². The second kappa shape index (κ2) is 7.64. The van der Waals surface area contributed by atoms with E-state index in [0.29, 0.717) is 5.56 Å². The van der Waals surface area contributed by atoms with Crippen LogP contribution in [0.5, 0.6) is 11.5 Å². The maximum absolute atomic E-state index is 12.4. The molecule has 0 saturated heterocycles. The number of carbonyl (C=O) groups is 1. The van der Waals surface area contributed by atoms with Crippen molar-refractivity contribution in [1.82, 2.24) is 5.32 Å². The molecule has 3 rings (SSSR count). The number of benzene rings is 3. The Morgan fingerprint density at radius 1 is 0.800 bits per heavy atom. The van der Waals surface area contributed by atoms with Crippen LogP contribution in [0.1, 0.15) is 27.5 Å². The molecule has 3 N–H and O–H groups in total. The van der Waals surface area contributed by atoms with E-state index < -0.39 is 0 Å². The largest absolute Gasteiger partial charge is 0.504 e. The van der Waals surface area contributed by atoms with Gasteiger partial charge >= 0.3 is 0 Å². The standard InChI is InChI=1S/C21H19NO3/c23-18-12-11-17(13-19(18)24)20(25)14-22-21(15-7-3-1-4-8-15)16-9-5-2-6-10-16/h1-13,21-24H,14H2. The molecule has 3 aromatic rings. The summed E-state index contributed by atoms with van der Waals surface area (Å²) in [5, 5.41) is 22.2. The van der Waals surface area contributed by atoms with Gasteiger partial charge in [0, 0.05) is 5.56 Å². The lowest BCUT2D eigenvalue weighted by Crippen LogP contribution is -2.28. The first kappa shape index (κ1) is 16.7. The maximum Gasteiger partial charge on any atom is 0.176 e. The summed E-state index contributed by atoms with van der Waals surface area (Å²) in [4.78, 5) is 12.4. The highest BCUT2D eigenvalue weighted by molar-refractivity contribution is 5.98. The Kier molecular flexibility index (Phi) is 5.11. The molecule has 0 unspecified atom stereocenters. The van der Waals surface area contributed by atoms with Crippen molar-refractivity contribution in [3.05, 3.63) is 95.6 Å². The molecule has 4 heteroatoms. The molecule has 0 atom stereocenters. The highest BCUT2D eigenvalue weighted by atomic mass is 16.3. The van der Waals surface area contributed by atoms with Crippen LogP contribution in [0.25, 0.3) is 0 Å². The Labute approximate surface area is 146 Å². The van der Waals surface area contributed by atoms with Crippen molar-refractivity contribution >= 4 is 5.78 Å². The monoisotopic (exact) mass is 333 g/mol. The third-order valence-corrected chi connectivity index (χ3v) is 4.03. The lowest BCUT2D eigenvalue weighted by Gasteiger charge is -2.19. The van der Waals surface area contributed by atoms with Gasteiger partial charge in [0.05, 0.1) is 12.6 Å². The SMILES string of the molecule is O=C(CNC(c1ccccc1)c1ccccc1)c1ccc(O)c(O)c1. The molecule has 0 radical (unpaired) electrons. The van der Waals surface area contributed by atoms with E-state index in [2.05, 4.69) is 5.32 Å². The Balaban J connectivity index is 1.79. The number of hydrogen-bond acceptors (Lipinski definition) is 4.